The predicted molar refractivity (Wildman–Crippen MR) is 150 cm³/mol. The topological polar surface area (TPSA) is 81.5 Å². The highest BCUT2D eigenvalue weighted by atomic mass is 79.9. The van der Waals surface area contributed by atoms with Crippen molar-refractivity contribution in [3.05, 3.63) is 64.1 Å². The molecule has 11 heteroatoms. The summed E-state index contributed by atoms with van der Waals surface area (Å²) in [6, 6.07) is 15.4. The Bertz CT molecular complexity index is 1410. The highest BCUT2D eigenvalue weighted by Crippen LogP contribution is 2.34. The third-order valence-corrected chi connectivity index (χ3v) is 8.02. The fourth-order valence-corrected chi connectivity index (χ4v) is 5.68. The number of rotatable bonds is 6. The Hall–Kier alpha value is -3.36. The van der Waals surface area contributed by atoms with Crippen LogP contribution in [0.25, 0.3) is 10.9 Å². The van der Waals surface area contributed by atoms with Gasteiger partial charge in [-0.15, -0.1) is 0 Å². The predicted octanol–water partition coefficient (Wildman–Crippen LogP) is 5.98. The fourth-order valence-electron chi connectivity index (χ4n) is 5.30. The van der Waals surface area contributed by atoms with Crippen LogP contribution in [0.4, 0.5) is 24.7 Å². The number of amides is 1. The van der Waals surface area contributed by atoms with Gasteiger partial charge in [-0.05, 0) is 74.2 Å². The normalized spacial score (nSPS) is 19.9. The van der Waals surface area contributed by atoms with Crippen LogP contribution in [-0.2, 0) is 15.7 Å². The Labute approximate surface area is 239 Å². The number of pyridine rings is 1. The van der Waals surface area contributed by atoms with E-state index in [0.29, 0.717) is 57.5 Å². The van der Waals surface area contributed by atoms with E-state index in [1.165, 1.54) is 12.1 Å². The number of hydrogen-bond donors (Lipinski definition) is 1. The Kier molecular flexibility index (Phi) is 8.47. The maximum absolute atomic E-state index is 13.3. The molecule has 1 saturated carbocycles. The smallest absolute Gasteiger partial charge is 0.382 e. The van der Waals surface area contributed by atoms with Crippen molar-refractivity contribution in [3.63, 3.8) is 0 Å². The second-order valence-corrected chi connectivity index (χ2v) is 11.1. The van der Waals surface area contributed by atoms with Gasteiger partial charge in [0.2, 0.25) is 5.91 Å². The van der Waals surface area contributed by atoms with Crippen molar-refractivity contribution in [2.45, 2.75) is 44.0 Å². The van der Waals surface area contributed by atoms with E-state index < -0.39 is 11.7 Å². The maximum Gasteiger partial charge on any atom is 0.417 e. The monoisotopic (exact) mass is 615 g/mol. The van der Waals surface area contributed by atoms with E-state index >= 15 is 0 Å². The summed E-state index contributed by atoms with van der Waals surface area (Å²) in [5.41, 5.74) is -0.0455. The van der Waals surface area contributed by atoms with E-state index in [-0.39, 0.29) is 30.2 Å². The molecule has 1 amide bonds. The van der Waals surface area contributed by atoms with Gasteiger partial charge in [-0.1, -0.05) is 15.9 Å². The average Bonchev–Trinajstić information content (AvgIpc) is 2.96. The molecule has 2 heterocycles. The molecule has 40 heavy (non-hydrogen) atoms. The summed E-state index contributed by atoms with van der Waals surface area (Å²) in [6.45, 7) is 2.62. The number of nitrogens with zero attached hydrogens (tertiary/aromatic N) is 4. The standard InChI is InChI=1S/C29H29BrF3N5O2/c30-21-3-9-26-19(15-21)2-10-27(36-26)37-11-13-38(14-12-37)28(39)18-40-24-7-5-22(6-8-24)35-23-4-1-20(17-34)25(16-23)29(31,32)33/h1-4,9-10,15-16,22,24,35H,5-8,11-14,18H2. The van der Waals surface area contributed by atoms with E-state index in [0.717, 1.165) is 27.3 Å². The molecule has 5 rings (SSSR count). The van der Waals surface area contributed by atoms with Crippen LogP contribution < -0.4 is 10.2 Å². The zero-order valence-corrected chi connectivity index (χ0v) is 23.3. The summed E-state index contributed by atoms with van der Waals surface area (Å²) < 4.78 is 46.7. The number of nitrogens with one attached hydrogen (secondary N) is 1. The van der Waals surface area contributed by atoms with Crippen molar-refractivity contribution < 1.29 is 22.7 Å². The van der Waals surface area contributed by atoms with Gasteiger partial charge in [0.05, 0.1) is 28.8 Å². The first-order chi connectivity index (χ1) is 19.2. The van der Waals surface area contributed by atoms with Crippen molar-refractivity contribution in [2.75, 3.05) is 43.0 Å². The zero-order chi connectivity index (χ0) is 28.3. The van der Waals surface area contributed by atoms with E-state index in [2.05, 4.69) is 32.2 Å². The number of piperazine rings is 1. The Morgan fingerprint density at radius 1 is 1.05 bits per heavy atom. The summed E-state index contributed by atoms with van der Waals surface area (Å²) in [5, 5.41) is 13.2. The molecule has 2 fully saturated rings. The number of halogens is 4. The minimum atomic E-state index is -4.58. The van der Waals surface area contributed by atoms with Crippen LogP contribution in [0.2, 0.25) is 0 Å². The summed E-state index contributed by atoms with van der Waals surface area (Å²) >= 11 is 3.48. The number of anilines is 2. The third kappa shape index (κ3) is 6.67. The van der Waals surface area contributed by atoms with Gasteiger partial charge < -0.3 is 19.9 Å². The molecule has 7 nitrogen and oxygen atoms in total. The molecule has 0 spiro atoms. The molecule has 210 valence electrons. The number of hydrogen-bond acceptors (Lipinski definition) is 6. The van der Waals surface area contributed by atoms with Crippen LogP contribution >= 0.6 is 15.9 Å². The number of ether oxygens (including phenoxy) is 1. The van der Waals surface area contributed by atoms with Gasteiger partial charge in [0.15, 0.2) is 0 Å². The van der Waals surface area contributed by atoms with Crippen molar-refractivity contribution in [3.8, 4) is 6.07 Å². The first-order valence-electron chi connectivity index (χ1n) is 13.3. The number of benzene rings is 2. The molecule has 1 aromatic heterocycles. The Morgan fingerprint density at radius 2 is 1.80 bits per heavy atom. The van der Waals surface area contributed by atoms with Crippen LogP contribution in [0.3, 0.4) is 0 Å². The summed E-state index contributed by atoms with van der Waals surface area (Å²) in [6.07, 6.45) is -1.78. The second-order valence-electron chi connectivity index (χ2n) is 10.2. The molecule has 0 bridgehead atoms. The molecule has 1 aliphatic heterocycles. The average molecular weight is 616 g/mol. The number of aromatic nitrogens is 1. The van der Waals surface area contributed by atoms with Gasteiger partial charge in [0.25, 0.3) is 0 Å². The molecule has 0 atom stereocenters. The zero-order valence-electron chi connectivity index (χ0n) is 21.8. The largest absolute Gasteiger partial charge is 0.417 e. The highest BCUT2D eigenvalue weighted by Gasteiger charge is 2.34. The van der Waals surface area contributed by atoms with Gasteiger partial charge in [-0.25, -0.2) is 4.98 Å². The number of fused-ring (bicyclic) bond motifs is 1. The molecular weight excluding hydrogens is 587 g/mol. The van der Waals surface area contributed by atoms with Gasteiger partial charge in [-0.3, -0.25) is 4.79 Å². The molecule has 2 aliphatic rings. The van der Waals surface area contributed by atoms with Crippen LogP contribution in [0.15, 0.2) is 53.0 Å². The molecule has 1 saturated heterocycles. The number of carbonyl (C=O) groups excluding carboxylic acids is 1. The van der Waals surface area contributed by atoms with Crippen LogP contribution in [-0.4, -0.2) is 60.7 Å². The molecule has 1 aliphatic carbocycles. The van der Waals surface area contributed by atoms with Gasteiger partial charge in [-0.2, -0.15) is 18.4 Å². The van der Waals surface area contributed by atoms with Gasteiger partial charge in [0.1, 0.15) is 12.4 Å². The first kappa shape index (κ1) is 28.2. The molecule has 0 radical (unpaired) electrons. The van der Waals surface area contributed by atoms with Crippen molar-refractivity contribution in [2.24, 2.45) is 0 Å². The molecule has 1 N–H and O–H groups in total. The van der Waals surface area contributed by atoms with Crippen LogP contribution in [0.1, 0.15) is 36.8 Å². The van der Waals surface area contributed by atoms with Gasteiger partial charge >= 0.3 is 6.18 Å². The molecule has 2 aromatic carbocycles. The van der Waals surface area contributed by atoms with E-state index in [9.17, 15) is 18.0 Å². The number of alkyl halides is 3. The fraction of sp³-hybridized carbons (Fsp3) is 0.414. The minimum absolute atomic E-state index is 0.00267. The summed E-state index contributed by atoms with van der Waals surface area (Å²) in [4.78, 5) is 21.6. The lowest BCUT2D eigenvalue weighted by atomic mass is 9.92. The molecule has 3 aromatic rings. The Balaban J connectivity index is 1.05. The second kappa shape index (κ2) is 12.0. The van der Waals surface area contributed by atoms with Crippen molar-refractivity contribution in [1.82, 2.24) is 9.88 Å². The van der Waals surface area contributed by atoms with Crippen LogP contribution in [0, 0.1) is 11.3 Å². The van der Waals surface area contributed by atoms with E-state index in [1.807, 2.05) is 29.2 Å². The van der Waals surface area contributed by atoms with Crippen molar-refractivity contribution >= 4 is 44.2 Å². The van der Waals surface area contributed by atoms with E-state index in [1.54, 1.807) is 6.07 Å². The lowest BCUT2D eigenvalue weighted by molar-refractivity contribution is -0.139. The minimum Gasteiger partial charge on any atom is -0.382 e. The van der Waals surface area contributed by atoms with Crippen LogP contribution in [0.5, 0.6) is 0 Å². The first-order valence-corrected chi connectivity index (χ1v) is 14.1. The Morgan fingerprint density at radius 3 is 2.50 bits per heavy atom. The van der Waals surface area contributed by atoms with Crippen molar-refractivity contribution in [1.29, 1.82) is 5.26 Å². The number of nitriles is 1. The SMILES string of the molecule is N#Cc1ccc(NC2CCC(OCC(=O)N3CCN(c4ccc5cc(Br)ccc5n4)CC3)CC2)cc1C(F)(F)F. The lowest BCUT2D eigenvalue weighted by Gasteiger charge is -2.36. The number of carbonyl (C=O) groups is 1. The van der Waals surface area contributed by atoms with E-state index in [4.69, 9.17) is 15.0 Å². The highest BCUT2D eigenvalue weighted by molar-refractivity contribution is 9.10. The summed E-state index contributed by atoms with van der Waals surface area (Å²) in [5.74, 6) is 0.868. The third-order valence-electron chi connectivity index (χ3n) is 7.53. The molecular formula is C29H29BrF3N5O2. The lowest BCUT2D eigenvalue weighted by Crippen LogP contribution is -2.50. The maximum atomic E-state index is 13.3. The molecule has 0 unspecified atom stereocenters. The van der Waals surface area contributed by atoms with Gasteiger partial charge in [0, 0.05) is 47.8 Å². The quantitative estimate of drug-likeness (QED) is 0.368. The summed E-state index contributed by atoms with van der Waals surface area (Å²) in [7, 11) is 0.